The Labute approximate surface area is 79.9 Å². The van der Waals surface area contributed by atoms with Crippen LogP contribution in [0.2, 0.25) is 0 Å². The van der Waals surface area contributed by atoms with Gasteiger partial charge in [-0.15, -0.1) is 0 Å². The Hall–Kier alpha value is -0.160. The van der Waals surface area contributed by atoms with Crippen molar-refractivity contribution in [3.05, 3.63) is 0 Å². The number of rotatable bonds is 6. The molecule has 0 aliphatic rings. The van der Waals surface area contributed by atoms with E-state index in [0.717, 1.165) is 12.8 Å². The van der Waals surface area contributed by atoms with E-state index in [1.165, 1.54) is 0 Å². The molecule has 3 N–H and O–H groups in total. The SMILES string of the molecule is CC(C)(C)OC(O)NCCCCO. The zero-order chi connectivity index (χ0) is 10.3. The van der Waals surface area contributed by atoms with Gasteiger partial charge in [0, 0.05) is 6.61 Å². The lowest BCUT2D eigenvalue weighted by atomic mass is 10.2. The van der Waals surface area contributed by atoms with E-state index in [1.807, 2.05) is 20.8 Å². The molecular formula is C9H21NO3. The van der Waals surface area contributed by atoms with E-state index in [0.29, 0.717) is 6.54 Å². The van der Waals surface area contributed by atoms with Crippen LogP contribution in [0, 0.1) is 0 Å². The zero-order valence-electron chi connectivity index (χ0n) is 8.71. The fourth-order valence-electron chi connectivity index (χ4n) is 0.839. The van der Waals surface area contributed by atoms with Gasteiger partial charge in [-0.25, -0.2) is 0 Å². The third kappa shape index (κ3) is 9.76. The highest BCUT2D eigenvalue weighted by Crippen LogP contribution is 2.07. The van der Waals surface area contributed by atoms with Gasteiger partial charge in [0.25, 0.3) is 0 Å². The molecule has 0 amide bonds. The van der Waals surface area contributed by atoms with Crippen LogP contribution in [-0.4, -0.2) is 35.4 Å². The minimum Gasteiger partial charge on any atom is -0.396 e. The highest BCUT2D eigenvalue weighted by molar-refractivity contribution is 4.59. The molecule has 4 nitrogen and oxygen atoms in total. The van der Waals surface area contributed by atoms with Crippen LogP contribution in [0.25, 0.3) is 0 Å². The van der Waals surface area contributed by atoms with Crippen molar-refractivity contribution in [1.82, 2.24) is 5.32 Å². The average Bonchev–Trinajstić information content (AvgIpc) is 1.94. The molecule has 0 spiro atoms. The first-order valence-electron chi connectivity index (χ1n) is 4.66. The summed E-state index contributed by atoms with van der Waals surface area (Å²) >= 11 is 0. The minimum absolute atomic E-state index is 0.192. The Balaban J connectivity index is 3.35. The van der Waals surface area contributed by atoms with Gasteiger partial charge in [0.2, 0.25) is 6.41 Å². The van der Waals surface area contributed by atoms with Gasteiger partial charge in [-0.3, -0.25) is 5.32 Å². The Morgan fingerprint density at radius 3 is 2.38 bits per heavy atom. The normalized spacial score (nSPS) is 14.5. The highest BCUT2D eigenvalue weighted by Gasteiger charge is 2.15. The second kappa shape index (κ2) is 6.32. The summed E-state index contributed by atoms with van der Waals surface area (Å²) in [6.07, 6.45) is 0.662. The predicted molar refractivity (Wildman–Crippen MR) is 51.2 cm³/mol. The fraction of sp³-hybridized carbons (Fsp3) is 1.00. The number of ether oxygens (including phenoxy) is 1. The summed E-state index contributed by atoms with van der Waals surface area (Å²) in [6.45, 7) is 6.48. The lowest BCUT2D eigenvalue weighted by Crippen LogP contribution is -2.38. The number of hydrogen-bond acceptors (Lipinski definition) is 4. The topological polar surface area (TPSA) is 61.7 Å². The number of unbranched alkanes of at least 4 members (excludes halogenated alkanes) is 1. The molecule has 0 aliphatic heterocycles. The van der Waals surface area contributed by atoms with Crippen molar-refractivity contribution in [2.45, 2.75) is 45.6 Å². The van der Waals surface area contributed by atoms with E-state index in [2.05, 4.69) is 5.32 Å². The van der Waals surface area contributed by atoms with Crippen molar-refractivity contribution in [3.8, 4) is 0 Å². The van der Waals surface area contributed by atoms with Crippen LogP contribution in [0.3, 0.4) is 0 Å². The maximum absolute atomic E-state index is 9.29. The van der Waals surface area contributed by atoms with E-state index in [1.54, 1.807) is 0 Å². The summed E-state index contributed by atoms with van der Waals surface area (Å²) in [5.74, 6) is 0. The lowest BCUT2D eigenvalue weighted by Gasteiger charge is -2.24. The van der Waals surface area contributed by atoms with Crippen LogP contribution < -0.4 is 5.32 Å². The van der Waals surface area contributed by atoms with Crippen molar-refractivity contribution in [1.29, 1.82) is 0 Å². The number of hydrogen-bond donors (Lipinski definition) is 3. The molecule has 0 rings (SSSR count). The van der Waals surface area contributed by atoms with Gasteiger partial charge in [0.1, 0.15) is 0 Å². The maximum Gasteiger partial charge on any atom is 0.214 e. The van der Waals surface area contributed by atoms with E-state index in [4.69, 9.17) is 9.84 Å². The molecule has 0 aliphatic carbocycles. The predicted octanol–water partition coefficient (Wildman–Crippen LogP) is 0.439. The Bertz CT molecular complexity index is 123. The van der Waals surface area contributed by atoms with E-state index < -0.39 is 6.41 Å². The molecule has 0 saturated carbocycles. The van der Waals surface area contributed by atoms with Gasteiger partial charge in [0.15, 0.2) is 0 Å². The Kier molecular flexibility index (Phi) is 6.24. The first kappa shape index (κ1) is 12.8. The zero-order valence-corrected chi connectivity index (χ0v) is 8.71. The van der Waals surface area contributed by atoms with Gasteiger partial charge < -0.3 is 14.9 Å². The van der Waals surface area contributed by atoms with Gasteiger partial charge in [-0.05, 0) is 40.2 Å². The van der Waals surface area contributed by atoms with E-state index in [9.17, 15) is 5.11 Å². The van der Waals surface area contributed by atoms with Crippen LogP contribution >= 0.6 is 0 Å². The minimum atomic E-state index is -0.918. The molecule has 0 heterocycles. The number of aliphatic hydroxyl groups excluding tert-OH is 2. The summed E-state index contributed by atoms with van der Waals surface area (Å²) in [7, 11) is 0. The van der Waals surface area contributed by atoms with Crippen molar-refractivity contribution in [2.24, 2.45) is 0 Å². The van der Waals surface area contributed by atoms with Crippen molar-refractivity contribution in [2.75, 3.05) is 13.2 Å². The molecule has 4 heteroatoms. The monoisotopic (exact) mass is 191 g/mol. The Morgan fingerprint density at radius 2 is 1.92 bits per heavy atom. The molecule has 0 aromatic carbocycles. The molecule has 1 atom stereocenters. The van der Waals surface area contributed by atoms with Crippen LogP contribution in [0.1, 0.15) is 33.6 Å². The second-order valence-electron chi connectivity index (χ2n) is 3.97. The molecule has 0 saturated heterocycles. The van der Waals surface area contributed by atoms with Gasteiger partial charge in [0.05, 0.1) is 5.60 Å². The number of aliphatic hydroxyl groups is 2. The van der Waals surface area contributed by atoms with Gasteiger partial charge >= 0.3 is 0 Å². The molecular weight excluding hydrogens is 170 g/mol. The smallest absolute Gasteiger partial charge is 0.214 e. The van der Waals surface area contributed by atoms with Crippen molar-refractivity contribution >= 4 is 0 Å². The first-order chi connectivity index (χ1) is 5.95. The average molecular weight is 191 g/mol. The third-order valence-corrected chi connectivity index (χ3v) is 1.37. The van der Waals surface area contributed by atoms with Crippen molar-refractivity contribution < 1.29 is 14.9 Å². The standard InChI is InChI=1S/C9H21NO3/c1-9(2,3)13-8(12)10-6-4-5-7-11/h8,10-12H,4-7H2,1-3H3. The quantitative estimate of drug-likeness (QED) is 0.421. The second-order valence-corrected chi connectivity index (χ2v) is 3.97. The summed E-state index contributed by atoms with van der Waals surface area (Å²) in [6, 6.07) is 0. The molecule has 1 unspecified atom stereocenters. The molecule has 0 aromatic rings. The summed E-state index contributed by atoms with van der Waals surface area (Å²) in [4.78, 5) is 0. The Morgan fingerprint density at radius 1 is 1.31 bits per heavy atom. The molecule has 0 fully saturated rings. The third-order valence-electron chi connectivity index (χ3n) is 1.37. The highest BCUT2D eigenvalue weighted by atomic mass is 16.6. The summed E-state index contributed by atoms with van der Waals surface area (Å²) in [5, 5.41) is 20.6. The largest absolute Gasteiger partial charge is 0.396 e. The van der Waals surface area contributed by atoms with Crippen LogP contribution in [0.15, 0.2) is 0 Å². The lowest BCUT2D eigenvalue weighted by molar-refractivity contribution is -0.181. The van der Waals surface area contributed by atoms with Crippen LogP contribution in [-0.2, 0) is 4.74 Å². The van der Waals surface area contributed by atoms with Crippen LogP contribution in [0.5, 0.6) is 0 Å². The summed E-state index contributed by atoms with van der Waals surface area (Å²) in [5.41, 5.74) is -0.344. The van der Waals surface area contributed by atoms with Gasteiger partial charge in [-0.1, -0.05) is 0 Å². The molecule has 0 bridgehead atoms. The fourth-order valence-corrected chi connectivity index (χ4v) is 0.839. The van der Waals surface area contributed by atoms with E-state index >= 15 is 0 Å². The molecule has 0 aromatic heterocycles. The molecule has 13 heavy (non-hydrogen) atoms. The van der Waals surface area contributed by atoms with E-state index in [-0.39, 0.29) is 12.2 Å². The maximum atomic E-state index is 9.29. The first-order valence-corrected chi connectivity index (χ1v) is 4.66. The van der Waals surface area contributed by atoms with Crippen molar-refractivity contribution in [3.63, 3.8) is 0 Å². The molecule has 0 radical (unpaired) electrons. The van der Waals surface area contributed by atoms with Gasteiger partial charge in [-0.2, -0.15) is 0 Å². The number of nitrogens with one attached hydrogen (secondary N) is 1. The summed E-state index contributed by atoms with van der Waals surface area (Å²) < 4.78 is 5.20. The van der Waals surface area contributed by atoms with Crippen LogP contribution in [0.4, 0.5) is 0 Å². The molecule has 80 valence electrons.